The molecule has 0 aliphatic rings. The number of alkyl halides is 3. The monoisotopic (exact) mass is 481 g/mol. The number of fused-ring (bicyclic) bond motifs is 1. The van der Waals surface area contributed by atoms with Crippen LogP contribution in [0.1, 0.15) is 55.9 Å². The van der Waals surface area contributed by atoms with Gasteiger partial charge in [-0.3, -0.25) is 4.79 Å². The van der Waals surface area contributed by atoms with E-state index in [1.807, 2.05) is 13.0 Å². The minimum Gasteiger partial charge on any atom is -0.465 e. The highest BCUT2D eigenvalue weighted by Gasteiger charge is 2.30. The van der Waals surface area contributed by atoms with Gasteiger partial charge in [-0.25, -0.2) is 9.31 Å². The van der Waals surface area contributed by atoms with E-state index < -0.39 is 17.7 Å². The zero-order valence-corrected chi connectivity index (χ0v) is 19.0. The number of methoxy groups -OCH3 is 1. The summed E-state index contributed by atoms with van der Waals surface area (Å²) in [6.45, 7) is 1.82. The van der Waals surface area contributed by atoms with Crippen LogP contribution in [-0.4, -0.2) is 28.6 Å². The number of amides is 1. The van der Waals surface area contributed by atoms with Crippen molar-refractivity contribution in [2.75, 3.05) is 7.11 Å². The summed E-state index contributed by atoms with van der Waals surface area (Å²) in [4.78, 5) is 24.7. The molecule has 9 heteroatoms. The Morgan fingerprint density at radius 2 is 1.74 bits per heavy atom. The molecule has 2 aromatic heterocycles. The molecule has 0 radical (unpaired) electrons. The lowest BCUT2D eigenvalue weighted by Gasteiger charge is -2.15. The number of nitrogens with zero attached hydrogens (tertiary/aromatic N) is 2. The minimum atomic E-state index is -4.40. The molecule has 0 spiro atoms. The Balaban J connectivity index is 1.56. The van der Waals surface area contributed by atoms with Gasteiger partial charge in [0.15, 0.2) is 0 Å². The first kappa shape index (κ1) is 24.0. The van der Waals surface area contributed by atoms with Gasteiger partial charge in [0.25, 0.3) is 5.91 Å². The third-order valence-electron chi connectivity index (χ3n) is 5.72. The van der Waals surface area contributed by atoms with Gasteiger partial charge in [-0.1, -0.05) is 30.3 Å². The van der Waals surface area contributed by atoms with E-state index in [9.17, 15) is 22.8 Å². The molecule has 1 N–H and O–H groups in total. The maximum absolute atomic E-state index is 13.1. The Bertz CT molecular complexity index is 1360. The quantitative estimate of drug-likeness (QED) is 0.383. The highest BCUT2D eigenvalue weighted by atomic mass is 19.4. The van der Waals surface area contributed by atoms with E-state index in [4.69, 9.17) is 4.74 Å². The summed E-state index contributed by atoms with van der Waals surface area (Å²) >= 11 is 0. The van der Waals surface area contributed by atoms with Crippen LogP contribution in [0.15, 0.2) is 73.1 Å². The molecule has 0 unspecified atom stereocenters. The zero-order chi connectivity index (χ0) is 25.2. The SMILES string of the molecule is COC(=O)c1ccc([C@@H](C)NC(=O)c2cnn3cccc(Cc4ccc(C(F)(F)F)cc4)c23)cc1. The summed E-state index contributed by atoms with van der Waals surface area (Å²) in [6.07, 6.45) is -0.893. The molecule has 2 heterocycles. The molecular weight excluding hydrogens is 459 g/mol. The number of benzene rings is 2. The van der Waals surface area contributed by atoms with Gasteiger partial charge in [0, 0.05) is 6.20 Å². The maximum Gasteiger partial charge on any atom is 0.416 e. The summed E-state index contributed by atoms with van der Waals surface area (Å²) in [5, 5.41) is 7.20. The van der Waals surface area contributed by atoms with Crippen LogP contribution in [0.25, 0.3) is 5.52 Å². The maximum atomic E-state index is 13.1. The highest BCUT2D eigenvalue weighted by molar-refractivity contribution is 6.01. The smallest absolute Gasteiger partial charge is 0.416 e. The molecule has 0 saturated carbocycles. The molecule has 0 saturated heterocycles. The van der Waals surface area contributed by atoms with E-state index in [0.717, 1.165) is 23.3 Å². The summed E-state index contributed by atoms with van der Waals surface area (Å²) in [7, 11) is 1.31. The molecule has 2 aromatic carbocycles. The summed E-state index contributed by atoms with van der Waals surface area (Å²) < 4.78 is 44.9. The Kier molecular flexibility index (Phi) is 6.59. The van der Waals surface area contributed by atoms with Crippen LogP contribution in [0.2, 0.25) is 0 Å². The van der Waals surface area contributed by atoms with E-state index in [0.29, 0.717) is 28.6 Å². The Hall–Kier alpha value is -4.14. The first-order valence-corrected chi connectivity index (χ1v) is 10.8. The van der Waals surface area contributed by atoms with Crippen LogP contribution in [0.3, 0.4) is 0 Å². The fourth-order valence-electron chi connectivity index (χ4n) is 3.84. The van der Waals surface area contributed by atoms with Crippen LogP contribution in [0.5, 0.6) is 0 Å². The molecule has 0 aliphatic heterocycles. The van der Waals surface area contributed by atoms with Gasteiger partial charge in [-0.05, 0) is 60.4 Å². The average Bonchev–Trinajstić information content (AvgIpc) is 3.29. The van der Waals surface area contributed by atoms with Crippen molar-refractivity contribution in [2.24, 2.45) is 0 Å². The molecule has 4 rings (SSSR count). The van der Waals surface area contributed by atoms with E-state index in [1.54, 1.807) is 41.0 Å². The zero-order valence-electron chi connectivity index (χ0n) is 19.0. The summed E-state index contributed by atoms with van der Waals surface area (Å²) in [5.41, 5.74) is 2.86. The fourth-order valence-corrected chi connectivity index (χ4v) is 3.84. The number of nitrogens with one attached hydrogen (secondary N) is 1. The van der Waals surface area contributed by atoms with E-state index in [1.165, 1.54) is 25.4 Å². The topological polar surface area (TPSA) is 72.7 Å². The number of hydrogen-bond donors (Lipinski definition) is 1. The molecule has 35 heavy (non-hydrogen) atoms. The summed E-state index contributed by atoms with van der Waals surface area (Å²) in [5.74, 6) is -0.787. The number of pyridine rings is 1. The predicted octanol–water partition coefficient (Wildman–Crippen LogP) is 5.22. The largest absolute Gasteiger partial charge is 0.465 e. The second kappa shape index (κ2) is 9.61. The third kappa shape index (κ3) is 5.18. The fraction of sp³-hybridized carbons (Fsp3) is 0.192. The van der Waals surface area contributed by atoms with Crippen molar-refractivity contribution >= 4 is 17.4 Å². The number of aromatic nitrogens is 2. The molecule has 0 fully saturated rings. The van der Waals surface area contributed by atoms with Crippen LogP contribution in [0.4, 0.5) is 13.2 Å². The number of carbonyl (C=O) groups is 2. The van der Waals surface area contributed by atoms with Crippen molar-refractivity contribution in [1.82, 2.24) is 14.9 Å². The van der Waals surface area contributed by atoms with Gasteiger partial charge in [0.1, 0.15) is 0 Å². The Morgan fingerprint density at radius 1 is 1.06 bits per heavy atom. The standard InChI is InChI=1S/C26H22F3N3O3/c1-16(18-7-9-19(10-8-18)25(34)35-2)31-24(33)22-15-30-32-13-3-4-20(23(22)32)14-17-5-11-21(12-6-17)26(27,28)29/h3-13,15-16H,14H2,1-2H3,(H,31,33)/t16-/m1/s1. The van der Waals surface area contributed by atoms with E-state index in [-0.39, 0.29) is 11.9 Å². The molecule has 6 nitrogen and oxygen atoms in total. The molecule has 4 aromatic rings. The van der Waals surface area contributed by atoms with Gasteiger partial charge in [-0.15, -0.1) is 0 Å². The van der Waals surface area contributed by atoms with Crippen molar-refractivity contribution in [3.8, 4) is 0 Å². The van der Waals surface area contributed by atoms with Crippen LogP contribution in [0, 0.1) is 0 Å². The second-order valence-corrected chi connectivity index (χ2v) is 8.07. The summed E-state index contributed by atoms with van der Waals surface area (Å²) in [6, 6.07) is 14.9. The highest BCUT2D eigenvalue weighted by Crippen LogP contribution is 2.30. The van der Waals surface area contributed by atoms with Gasteiger partial charge in [0.2, 0.25) is 0 Å². The van der Waals surface area contributed by atoms with Crippen molar-refractivity contribution < 1.29 is 27.5 Å². The first-order chi connectivity index (χ1) is 16.7. The Labute approximate surface area is 199 Å². The molecular formula is C26H22F3N3O3. The van der Waals surface area contributed by atoms with Crippen molar-refractivity contribution in [3.05, 3.63) is 106 Å². The van der Waals surface area contributed by atoms with Crippen molar-refractivity contribution in [2.45, 2.75) is 25.6 Å². The molecule has 0 aliphatic carbocycles. The van der Waals surface area contributed by atoms with Crippen molar-refractivity contribution in [3.63, 3.8) is 0 Å². The minimum absolute atomic E-state index is 0.332. The number of carbonyl (C=O) groups excluding carboxylic acids is 2. The second-order valence-electron chi connectivity index (χ2n) is 8.07. The number of ether oxygens (including phenoxy) is 1. The number of halogens is 3. The van der Waals surface area contributed by atoms with E-state index >= 15 is 0 Å². The van der Waals surface area contributed by atoms with E-state index in [2.05, 4.69) is 10.4 Å². The average molecular weight is 481 g/mol. The first-order valence-electron chi connectivity index (χ1n) is 10.8. The molecule has 1 atom stereocenters. The van der Waals surface area contributed by atoms with Gasteiger partial charge >= 0.3 is 12.1 Å². The third-order valence-corrected chi connectivity index (χ3v) is 5.72. The number of rotatable bonds is 6. The van der Waals surface area contributed by atoms with Gasteiger partial charge in [0.05, 0.1) is 41.6 Å². The lowest BCUT2D eigenvalue weighted by Crippen LogP contribution is -2.26. The molecule has 180 valence electrons. The van der Waals surface area contributed by atoms with Crippen molar-refractivity contribution in [1.29, 1.82) is 0 Å². The number of esters is 1. The lowest BCUT2D eigenvalue weighted by molar-refractivity contribution is -0.137. The normalized spacial score (nSPS) is 12.4. The Morgan fingerprint density at radius 3 is 2.37 bits per heavy atom. The molecule has 0 bridgehead atoms. The number of hydrogen-bond acceptors (Lipinski definition) is 4. The predicted molar refractivity (Wildman–Crippen MR) is 123 cm³/mol. The van der Waals surface area contributed by atoms with Crippen LogP contribution < -0.4 is 5.32 Å². The van der Waals surface area contributed by atoms with Crippen LogP contribution in [-0.2, 0) is 17.3 Å². The lowest BCUT2D eigenvalue weighted by atomic mass is 10.0. The molecule has 1 amide bonds. The van der Waals surface area contributed by atoms with Gasteiger partial charge < -0.3 is 10.1 Å². The van der Waals surface area contributed by atoms with Crippen LogP contribution >= 0.6 is 0 Å². The van der Waals surface area contributed by atoms with Gasteiger partial charge in [-0.2, -0.15) is 18.3 Å².